The minimum atomic E-state index is -4.55. The largest absolute Gasteiger partial charge is 0.480 e. The number of benzene rings is 1. The summed E-state index contributed by atoms with van der Waals surface area (Å²) in [6.45, 7) is 3.62. The van der Waals surface area contributed by atoms with Crippen molar-refractivity contribution in [3.63, 3.8) is 0 Å². The molecule has 6 rings (SSSR count). The summed E-state index contributed by atoms with van der Waals surface area (Å²) in [6, 6.07) is 6.51. The third kappa shape index (κ3) is 4.35. The summed E-state index contributed by atoms with van der Waals surface area (Å²) in [5.74, 6) is 1.19. The van der Waals surface area contributed by atoms with Gasteiger partial charge in [0.25, 0.3) is 0 Å². The molecule has 13 heteroatoms. The Kier molecular flexibility index (Phi) is 6.06. The molecule has 1 aromatic carbocycles. The Morgan fingerprint density at radius 2 is 1.80 bits per heavy atom. The van der Waals surface area contributed by atoms with Gasteiger partial charge in [-0.25, -0.2) is 29.6 Å². The van der Waals surface area contributed by atoms with Gasteiger partial charge in [-0.2, -0.15) is 18.3 Å². The second kappa shape index (κ2) is 9.37. The van der Waals surface area contributed by atoms with E-state index in [2.05, 4.69) is 25.0 Å². The Bertz CT molecular complexity index is 1710. The minimum absolute atomic E-state index is 0.188. The standard InChI is InChI=1S/C27H25F3N8O2/c1-4-37-13-19(27(28,29)30)35-23(37)16-7-9-18(10-8-16)26(2,39)38-24-17(12-34-38)11-31-22(36-24)20-21(15-5-6-15)32-14-33-25(20)40-3/h7-15,39H,4-6H2,1-3H3/t26-/m0/s1. The molecule has 5 aromatic rings. The SMILES string of the molecule is CCn1cc(C(F)(F)F)nc1-c1ccc([C@](C)(O)n2ncc3cnc(-c4c(OC)ncnc4C4CC4)nc32)cc1. The summed E-state index contributed by atoms with van der Waals surface area (Å²) in [5.41, 5.74) is 0.128. The molecule has 1 aliphatic carbocycles. The van der Waals surface area contributed by atoms with Crippen molar-refractivity contribution in [1.29, 1.82) is 0 Å². The summed E-state index contributed by atoms with van der Waals surface area (Å²) in [7, 11) is 1.52. The number of methoxy groups -OCH3 is 1. The number of hydrogen-bond acceptors (Lipinski definition) is 8. The monoisotopic (exact) mass is 550 g/mol. The lowest BCUT2D eigenvalue weighted by Gasteiger charge is -2.25. The molecule has 4 heterocycles. The van der Waals surface area contributed by atoms with Gasteiger partial charge >= 0.3 is 6.18 Å². The van der Waals surface area contributed by atoms with Crippen LogP contribution in [0.5, 0.6) is 5.88 Å². The molecule has 4 aromatic heterocycles. The number of fused-ring (bicyclic) bond motifs is 1. The van der Waals surface area contributed by atoms with Crippen molar-refractivity contribution in [2.45, 2.75) is 51.1 Å². The van der Waals surface area contributed by atoms with E-state index in [9.17, 15) is 18.3 Å². The Morgan fingerprint density at radius 1 is 1.05 bits per heavy atom. The minimum Gasteiger partial charge on any atom is -0.480 e. The van der Waals surface area contributed by atoms with Crippen LogP contribution in [0.25, 0.3) is 33.8 Å². The first-order valence-electron chi connectivity index (χ1n) is 12.7. The molecule has 0 unspecified atom stereocenters. The summed E-state index contributed by atoms with van der Waals surface area (Å²) in [6.07, 6.45) is 3.10. The second-order valence-corrected chi connectivity index (χ2v) is 9.78. The van der Waals surface area contributed by atoms with Gasteiger partial charge in [-0.05, 0) is 26.7 Å². The number of nitrogens with zero attached hydrogens (tertiary/aromatic N) is 8. The van der Waals surface area contributed by atoms with Crippen molar-refractivity contribution in [3.05, 3.63) is 66.1 Å². The highest BCUT2D eigenvalue weighted by Crippen LogP contribution is 2.45. The molecule has 0 saturated heterocycles. The maximum atomic E-state index is 13.2. The van der Waals surface area contributed by atoms with Gasteiger partial charge in [-0.15, -0.1) is 0 Å². The highest BCUT2D eigenvalue weighted by Gasteiger charge is 2.35. The maximum absolute atomic E-state index is 13.2. The zero-order valence-electron chi connectivity index (χ0n) is 21.9. The molecule has 1 atom stereocenters. The van der Waals surface area contributed by atoms with Crippen LogP contribution in [0.15, 0.2) is 49.2 Å². The summed E-state index contributed by atoms with van der Waals surface area (Å²) in [5, 5.41) is 16.6. The topological polar surface area (TPSA) is 117 Å². The molecule has 1 N–H and O–H groups in total. The number of aliphatic hydroxyl groups is 1. The van der Waals surface area contributed by atoms with Crippen LogP contribution in [0.3, 0.4) is 0 Å². The molecule has 206 valence electrons. The van der Waals surface area contributed by atoms with Crippen LogP contribution >= 0.6 is 0 Å². The van der Waals surface area contributed by atoms with Crippen molar-refractivity contribution >= 4 is 11.0 Å². The van der Waals surface area contributed by atoms with Crippen molar-refractivity contribution < 1.29 is 23.0 Å². The number of imidazole rings is 1. The number of alkyl halides is 3. The van der Waals surface area contributed by atoms with Crippen LogP contribution in [0.4, 0.5) is 13.2 Å². The van der Waals surface area contributed by atoms with Crippen molar-refractivity contribution in [2.75, 3.05) is 7.11 Å². The summed E-state index contributed by atoms with van der Waals surface area (Å²) in [4.78, 5) is 21.7. The van der Waals surface area contributed by atoms with E-state index in [0.717, 1.165) is 24.7 Å². The summed E-state index contributed by atoms with van der Waals surface area (Å²) < 4.78 is 48.0. The fourth-order valence-corrected chi connectivity index (χ4v) is 4.75. The molecular weight excluding hydrogens is 525 g/mol. The van der Waals surface area contributed by atoms with Crippen LogP contribution in [0, 0.1) is 0 Å². The Morgan fingerprint density at radius 3 is 2.45 bits per heavy atom. The number of hydrogen-bond donors (Lipinski definition) is 1. The zero-order valence-corrected chi connectivity index (χ0v) is 21.9. The zero-order chi connectivity index (χ0) is 28.2. The van der Waals surface area contributed by atoms with E-state index < -0.39 is 17.6 Å². The van der Waals surface area contributed by atoms with Gasteiger partial charge in [0.15, 0.2) is 22.9 Å². The molecule has 1 saturated carbocycles. The highest BCUT2D eigenvalue weighted by molar-refractivity contribution is 5.78. The van der Waals surface area contributed by atoms with Gasteiger partial charge < -0.3 is 14.4 Å². The molecular formula is C27H25F3N8O2. The molecule has 0 radical (unpaired) electrons. The Hall–Kier alpha value is -4.39. The lowest BCUT2D eigenvalue weighted by molar-refractivity contribution is -0.140. The number of halogens is 3. The van der Waals surface area contributed by atoms with Gasteiger partial charge in [0.2, 0.25) is 5.88 Å². The van der Waals surface area contributed by atoms with E-state index >= 15 is 0 Å². The summed E-state index contributed by atoms with van der Waals surface area (Å²) >= 11 is 0. The molecule has 0 spiro atoms. The average Bonchev–Trinajstić information content (AvgIpc) is 3.54. The van der Waals surface area contributed by atoms with Crippen LogP contribution in [-0.4, -0.2) is 51.5 Å². The molecule has 10 nitrogen and oxygen atoms in total. The van der Waals surface area contributed by atoms with Crippen LogP contribution < -0.4 is 4.74 Å². The number of rotatable bonds is 7. The lowest BCUT2D eigenvalue weighted by Crippen LogP contribution is -2.32. The average molecular weight is 551 g/mol. The number of aryl methyl sites for hydroxylation is 1. The third-order valence-corrected chi connectivity index (χ3v) is 7.04. The number of ether oxygens (including phenoxy) is 1. The van der Waals surface area contributed by atoms with E-state index in [0.29, 0.717) is 46.0 Å². The third-order valence-electron chi connectivity index (χ3n) is 7.04. The van der Waals surface area contributed by atoms with Crippen LogP contribution in [0.1, 0.15) is 49.6 Å². The first-order chi connectivity index (χ1) is 19.1. The van der Waals surface area contributed by atoms with E-state index in [1.54, 1.807) is 50.5 Å². The smallest absolute Gasteiger partial charge is 0.434 e. The molecule has 0 bridgehead atoms. The van der Waals surface area contributed by atoms with Gasteiger partial charge in [0, 0.05) is 36.0 Å². The molecule has 0 amide bonds. The normalized spacial score (nSPS) is 15.4. The molecule has 1 aliphatic rings. The quantitative estimate of drug-likeness (QED) is 0.308. The van der Waals surface area contributed by atoms with Crippen LogP contribution in [0.2, 0.25) is 0 Å². The van der Waals surface area contributed by atoms with E-state index in [-0.39, 0.29) is 11.7 Å². The first kappa shape index (κ1) is 25.9. The number of aromatic nitrogens is 8. The second-order valence-electron chi connectivity index (χ2n) is 9.78. The Labute approximate surface area is 226 Å². The fraction of sp³-hybridized carbons (Fsp3) is 0.333. The molecule has 1 fully saturated rings. The van der Waals surface area contributed by atoms with Gasteiger partial charge in [0.05, 0.1) is 24.4 Å². The van der Waals surface area contributed by atoms with E-state index in [1.807, 2.05) is 0 Å². The maximum Gasteiger partial charge on any atom is 0.434 e. The Balaban J connectivity index is 1.39. The fourth-order valence-electron chi connectivity index (χ4n) is 4.75. The predicted octanol–water partition coefficient (Wildman–Crippen LogP) is 4.78. The first-order valence-corrected chi connectivity index (χ1v) is 12.7. The highest BCUT2D eigenvalue weighted by atomic mass is 19.4. The van der Waals surface area contributed by atoms with Gasteiger partial charge in [-0.1, -0.05) is 24.3 Å². The molecule has 40 heavy (non-hydrogen) atoms. The van der Waals surface area contributed by atoms with Gasteiger partial charge in [-0.3, -0.25) is 0 Å². The lowest BCUT2D eigenvalue weighted by atomic mass is 10.0. The predicted molar refractivity (Wildman–Crippen MR) is 138 cm³/mol. The van der Waals surface area contributed by atoms with Crippen molar-refractivity contribution in [3.8, 4) is 28.7 Å². The van der Waals surface area contributed by atoms with Crippen molar-refractivity contribution in [2.24, 2.45) is 0 Å². The molecule has 0 aliphatic heterocycles. The van der Waals surface area contributed by atoms with E-state index in [1.165, 1.54) is 22.7 Å². The van der Waals surface area contributed by atoms with E-state index in [4.69, 9.17) is 9.72 Å². The van der Waals surface area contributed by atoms with Gasteiger partial charge in [0.1, 0.15) is 17.7 Å². The van der Waals surface area contributed by atoms with Crippen molar-refractivity contribution in [1.82, 2.24) is 39.3 Å². The van der Waals surface area contributed by atoms with Crippen LogP contribution in [-0.2, 0) is 18.4 Å².